The van der Waals surface area contributed by atoms with Gasteiger partial charge >= 0.3 is 0 Å². The van der Waals surface area contributed by atoms with Crippen molar-refractivity contribution in [3.05, 3.63) is 35.4 Å². The van der Waals surface area contributed by atoms with E-state index < -0.39 is 9.84 Å². The molecule has 0 aliphatic carbocycles. The second-order valence-electron chi connectivity index (χ2n) is 7.02. The van der Waals surface area contributed by atoms with Gasteiger partial charge in [0, 0.05) is 38.5 Å². The lowest BCUT2D eigenvalue weighted by molar-refractivity contribution is 0.261. The van der Waals surface area contributed by atoms with Crippen molar-refractivity contribution in [3.8, 4) is 0 Å². The van der Waals surface area contributed by atoms with Gasteiger partial charge in [-0.2, -0.15) is 0 Å². The molecule has 154 valence electrons. The van der Waals surface area contributed by atoms with Crippen LogP contribution in [0.1, 0.15) is 31.4 Å². The van der Waals surface area contributed by atoms with Crippen LogP contribution in [0.5, 0.6) is 0 Å². The van der Waals surface area contributed by atoms with E-state index in [1.54, 1.807) is 0 Å². The number of nitrogens with zero attached hydrogens (tertiary/aromatic N) is 2. The molecule has 0 radical (unpaired) electrons. The molecule has 0 spiro atoms. The minimum absolute atomic E-state index is 0. The van der Waals surface area contributed by atoms with E-state index >= 15 is 0 Å². The lowest BCUT2D eigenvalue weighted by atomic mass is 10.0. The zero-order valence-electron chi connectivity index (χ0n) is 16.6. The van der Waals surface area contributed by atoms with E-state index in [1.807, 2.05) is 13.8 Å². The molecule has 1 aliphatic rings. The topological polar surface area (TPSA) is 73.8 Å². The van der Waals surface area contributed by atoms with Gasteiger partial charge in [-0.15, -0.1) is 24.0 Å². The Morgan fingerprint density at radius 1 is 1.30 bits per heavy atom. The van der Waals surface area contributed by atoms with Crippen molar-refractivity contribution >= 4 is 39.8 Å². The van der Waals surface area contributed by atoms with Gasteiger partial charge in [0.05, 0.1) is 12.3 Å². The second-order valence-corrected chi connectivity index (χ2v) is 9.28. The Labute approximate surface area is 181 Å². The van der Waals surface area contributed by atoms with E-state index in [4.69, 9.17) is 0 Å². The van der Waals surface area contributed by atoms with E-state index in [1.165, 1.54) is 17.4 Å². The molecule has 0 amide bonds. The van der Waals surface area contributed by atoms with Crippen LogP contribution in [0, 0.1) is 0 Å². The summed E-state index contributed by atoms with van der Waals surface area (Å²) in [5, 5.41) is 6.53. The van der Waals surface area contributed by atoms with Crippen LogP contribution in [0.25, 0.3) is 0 Å². The molecule has 2 N–H and O–H groups in total. The Balaban J connectivity index is 0.00000364. The maximum atomic E-state index is 11.3. The Bertz CT molecular complexity index is 709. The predicted octanol–water partition coefficient (Wildman–Crippen LogP) is 2.04. The van der Waals surface area contributed by atoms with Crippen LogP contribution in [0.15, 0.2) is 29.3 Å². The van der Waals surface area contributed by atoms with Gasteiger partial charge in [-0.3, -0.25) is 9.89 Å². The third kappa shape index (κ3) is 9.25. The Kier molecular flexibility index (Phi) is 10.6. The van der Waals surface area contributed by atoms with E-state index in [0.29, 0.717) is 6.42 Å². The fraction of sp³-hybridized carbons (Fsp3) is 0.632. The number of benzene rings is 1. The van der Waals surface area contributed by atoms with E-state index in [-0.39, 0.29) is 35.8 Å². The summed E-state index contributed by atoms with van der Waals surface area (Å²) >= 11 is 0. The van der Waals surface area contributed by atoms with Crippen molar-refractivity contribution in [3.63, 3.8) is 0 Å². The minimum Gasteiger partial charge on any atom is -0.357 e. The fourth-order valence-electron chi connectivity index (χ4n) is 3.06. The van der Waals surface area contributed by atoms with E-state index in [0.717, 1.165) is 45.1 Å². The van der Waals surface area contributed by atoms with Gasteiger partial charge in [0.15, 0.2) is 5.96 Å². The van der Waals surface area contributed by atoms with Crippen LogP contribution >= 0.6 is 24.0 Å². The number of halogens is 1. The molecule has 6 nitrogen and oxygen atoms in total. The minimum atomic E-state index is -2.93. The number of nitrogens with one attached hydrogen (secondary N) is 2. The Hall–Kier alpha value is -0.870. The number of rotatable bonds is 8. The summed E-state index contributed by atoms with van der Waals surface area (Å²) in [5.41, 5.74) is 2.88. The highest BCUT2D eigenvalue weighted by Crippen LogP contribution is 2.17. The molecular formula is C19H33IN4O2S. The maximum absolute atomic E-state index is 11.3. The van der Waals surface area contributed by atoms with Gasteiger partial charge in [0.25, 0.3) is 0 Å². The fourth-order valence-corrected chi connectivity index (χ4v) is 3.85. The summed E-state index contributed by atoms with van der Waals surface area (Å²) in [6, 6.07) is 8.70. The first-order valence-electron chi connectivity index (χ1n) is 9.39. The summed E-state index contributed by atoms with van der Waals surface area (Å²) in [7, 11) is -2.93. The largest absolute Gasteiger partial charge is 0.357 e. The first kappa shape index (κ1) is 24.2. The SMILES string of the molecule is CCNC(=NCCN1CCc2ccccc2C1)NC(C)CCS(C)(=O)=O.I. The van der Waals surface area contributed by atoms with Crippen molar-refractivity contribution in [1.82, 2.24) is 15.5 Å². The van der Waals surface area contributed by atoms with Gasteiger partial charge in [-0.25, -0.2) is 8.42 Å². The molecule has 27 heavy (non-hydrogen) atoms. The molecule has 0 saturated carbocycles. The summed E-state index contributed by atoms with van der Waals surface area (Å²) in [4.78, 5) is 7.08. The van der Waals surface area contributed by atoms with Crippen LogP contribution in [-0.4, -0.2) is 63.5 Å². The smallest absolute Gasteiger partial charge is 0.191 e. The maximum Gasteiger partial charge on any atom is 0.191 e. The molecular weight excluding hydrogens is 475 g/mol. The quantitative estimate of drug-likeness (QED) is 0.320. The molecule has 1 aromatic carbocycles. The van der Waals surface area contributed by atoms with Gasteiger partial charge in [0.1, 0.15) is 9.84 Å². The lowest BCUT2D eigenvalue weighted by Gasteiger charge is -2.28. The highest BCUT2D eigenvalue weighted by Gasteiger charge is 2.15. The van der Waals surface area contributed by atoms with Gasteiger partial charge < -0.3 is 10.6 Å². The van der Waals surface area contributed by atoms with Crippen LogP contribution in [0.4, 0.5) is 0 Å². The summed E-state index contributed by atoms with van der Waals surface area (Å²) in [6.45, 7) is 8.49. The van der Waals surface area contributed by atoms with Gasteiger partial charge in [-0.1, -0.05) is 24.3 Å². The second kappa shape index (κ2) is 11.9. The van der Waals surface area contributed by atoms with E-state index in [2.05, 4.69) is 44.8 Å². The molecule has 1 atom stereocenters. The molecule has 8 heteroatoms. The summed E-state index contributed by atoms with van der Waals surface area (Å²) < 4.78 is 22.6. The molecule has 0 aromatic heterocycles. The molecule has 0 saturated heterocycles. The molecule has 0 bridgehead atoms. The normalized spacial score (nSPS) is 16.2. The van der Waals surface area contributed by atoms with Crippen LogP contribution in [0.2, 0.25) is 0 Å². The first-order chi connectivity index (χ1) is 12.4. The standard InChI is InChI=1S/C19H32N4O2S.HI/c1-4-20-19(22-16(2)10-14-26(3,24)25)21-11-13-23-12-9-17-7-5-6-8-18(17)15-23;/h5-8,16H,4,9-15H2,1-3H3,(H2,20,21,22);1H. The summed E-state index contributed by atoms with van der Waals surface area (Å²) in [6.07, 6.45) is 2.95. The average Bonchev–Trinajstić information content (AvgIpc) is 2.59. The van der Waals surface area contributed by atoms with Crippen LogP contribution in [0.3, 0.4) is 0 Å². The monoisotopic (exact) mass is 508 g/mol. The number of aliphatic imine (C=N–C) groups is 1. The number of hydrogen-bond donors (Lipinski definition) is 2. The van der Waals surface area contributed by atoms with E-state index in [9.17, 15) is 8.42 Å². The van der Waals surface area contributed by atoms with Gasteiger partial charge in [-0.05, 0) is 37.8 Å². The third-order valence-electron chi connectivity index (χ3n) is 4.54. The number of guanidine groups is 1. The van der Waals surface area contributed by atoms with Crippen LogP contribution < -0.4 is 10.6 Å². The zero-order chi connectivity index (χ0) is 19.0. The van der Waals surface area contributed by atoms with Crippen molar-refractivity contribution in [2.75, 3.05) is 38.2 Å². The molecule has 1 aromatic rings. The van der Waals surface area contributed by atoms with Crippen molar-refractivity contribution in [2.24, 2.45) is 4.99 Å². The van der Waals surface area contributed by atoms with Crippen LogP contribution in [-0.2, 0) is 22.8 Å². The first-order valence-corrected chi connectivity index (χ1v) is 11.4. The number of fused-ring (bicyclic) bond motifs is 1. The van der Waals surface area contributed by atoms with Gasteiger partial charge in [0.2, 0.25) is 0 Å². The highest BCUT2D eigenvalue weighted by molar-refractivity contribution is 14.0. The molecule has 1 aliphatic heterocycles. The molecule has 1 heterocycles. The van der Waals surface area contributed by atoms with Crippen molar-refractivity contribution < 1.29 is 8.42 Å². The lowest BCUT2D eigenvalue weighted by Crippen LogP contribution is -2.43. The number of sulfone groups is 1. The predicted molar refractivity (Wildman–Crippen MR) is 124 cm³/mol. The molecule has 1 unspecified atom stereocenters. The van der Waals surface area contributed by atoms with Crippen molar-refractivity contribution in [1.29, 1.82) is 0 Å². The molecule has 2 rings (SSSR count). The highest BCUT2D eigenvalue weighted by atomic mass is 127. The number of hydrogen-bond acceptors (Lipinski definition) is 4. The zero-order valence-corrected chi connectivity index (χ0v) is 19.7. The van der Waals surface area contributed by atoms with Crippen molar-refractivity contribution in [2.45, 2.75) is 39.3 Å². The Morgan fingerprint density at radius 2 is 2.00 bits per heavy atom. The summed E-state index contributed by atoms with van der Waals surface area (Å²) in [5.74, 6) is 0.944. The third-order valence-corrected chi connectivity index (χ3v) is 5.52. The average molecular weight is 508 g/mol. The molecule has 0 fully saturated rings. The Morgan fingerprint density at radius 3 is 2.67 bits per heavy atom.